The van der Waals surface area contributed by atoms with Crippen LogP contribution in [-0.4, -0.2) is 46.8 Å². The Morgan fingerprint density at radius 2 is 2.04 bits per heavy atom. The van der Waals surface area contributed by atoms with Gasteiger partial charge in [-0.2, -0.15) is 0 Å². The number of hydrogen-bond acceptors (Lipinski definition) is 7. The van der Waals surface area contributed by atoms with Crippen molar-refractivity contribution < 1.29 is 23.8 Å². The Labute approximate surface area is 158 Å². The van der Waals surface area contributed by atoms with E-state index < -0.39 is 0 Å². The van der Waals surface area contributed by atoms with Crippen molar-refractivity contribution in [2.24, 2.45) is 0 Å². The summed E-state index contributed by atoms with van der Waals surface area (Å²) in [7, 11) is 1.54. The van der Waals surface area contributed by atoms with Crippen LogP contribution in [0.3, 0.4) is 0 Å². The van der Waals surface area contributed by atoms with Crippen molar-refractivity contribution in [3.63, 3.8) is 0 Å². The fourth-order valence-corrected chi connectivity index (χ4v) is 2.52. The molecule has 0 bridgehead atoms. The van der Waals surface area contributed by atoms with Crippen molar-refractivity contribution in [1.82, 2.24) is 14.8 Å². The SMILES string of the molecule is CCOC(=O)CC(c1ccc(OC)nc1)n1ccc(OCCCC(C)=O)n1. The van der Waals surface area contributed by atoms with Gasteiger partial charge in [0.25, 0.3) is 0 Å². The van der Waals surface area contributed by atoms with E-state index in [-0.39, 0.29) is 24.2 Å². The molecule has 2 rings (SSSR count). The summed E-state index contributed by atoms with van der Waals surface area (Å²) in [6.07, 6.45) is 4.63. The lowest BCUT2D eigenvalue weighted by Crippen LogP contribution is -2.18. The first-order valence-electron chi connectivity index (χ1n) is 8.86. The number of esters is 1. The fraction of sp³-hybridized carbons (Fsp3) is 0.474. The predicted molar refractivity (Wildman–Crippen MR) is 97.8 cm³/mol. The summed E-state index contributed by atoms with van der Waals surface area (Å²) < 4.78 is 17.4. The number of carbonyl (C=O) groups excluding carboxylic acids is 2. The summed E-state index contributed by atoms with van der Waals surface area (Å²) in [6.45, 7) is 4.04. The molecular formula is C19H25N3O5. The van der Waals surface area contributed by atoms with Crippen LogP contribution in [0.1, 0.15) is 44.7 Å². The van der Waals surface area contributed by atoms with Gasteiger partial charge in [-0.25, -0.2) is 4.98 Å². The standard InChI is InChI=1S/C19H25N3O5/c1-4-26-19(24)12-16(15-7-8-17(25-3)20-13-15)22-10-9-18(21-22)27-11-5-6-14(2)23/h7-10,13,16H,4-6,11-12H2,1-3H3. The van der Waals surface area contributed by atoms with Crippen molar-refractivity contribution in [3.8, 4) is 11.8 Å². The van der Waals surface area contributed by atoms with E-state index in [1.807, 2.05) is 6.07 Å². The molecule has 0 aliphatic heterocycles. The number of ether oxygens (including phenoxy) is 3. The molecule has 0 aliphatic carbocycles. The van der Waals surface area contributed by atoms with Crippen LogP contribution in [-0.2, 0) is 14.3 Å². The highest BCUT2D eigenvalue weighted by Crippen LogP contribution is 2.24. The highest BCUT2D eigenvalue weighted by Gasteiger charge is 2.21. The molecule has 8 nitrogen and oxygen atoms in total. The molecule has 0 saturated heterocycles. The first kappa shape index (κ1) is 20.4. The first-order chi connectivity index (χ1) is 13.0. The maximum Gasteiger partial charge on any atom is 0.308 e. The molecule has 0 aromatic carbocycles. The Kier molecular flexibility index (Phi) is 7.79. The molecule has 0 fully saturated rings. The molecule has 0 saturated carbocycles. The molecule has 0 aliphatic rings. The van der Waals surface area contributed by atoms with E-state index in [0.717, 1.165) is 5.56 Å². The zero-order chi connectivity index (χ0) is 19.6. The zero-order valence-electron chi connectivity index (χ0n) is 15.9. The average Bonchev–Trinajstić information content (AvgIpc) is 3.12. The van der Waals surface area contributed by atoms with Crippen LogP contribution in [0.15, 0.2) is 30.6 Å². The Morgan fingerprint density at radius 3 is 2.67 bits per heavy atom. The van der Waals surface area contributed by atoms with Gasteiger partial charge in [0, 0.05) is 30.9 Å². The van der Waals surface area contributed by atoms with Crippen molar-refractivity contribution in [3.05, 3.63) is 36.2 Å². The van der Waals surface area contributed by atoms with Crippen molar-refractivity contribution in [2.45, 2.75) is 39.2 Å². The molecule has 0 spiro atoms. The van der Waals surface area contributed by atoms with Crippen LogP contribution < -0.4 is 9.47 Å². The van der Waals surface area contributed by atoms with Crippen LogP contribution in [0.25, 0.3) is 0 Å². The van der Waals surface area contributed by atoms with Gasteiger partial charge in [0.2, 0.25) is 11.8 Å². The molecule has 1 unspecified atom stereocenters. The summed E-state index contributed by atoms with van der Waals surface area (Å²) in [5.74, 6) is 0.737. The molecule has 8 heteroatoms. The Bertz CT molecular complexity index is 742. The van der Waals surface area contributed by atoms with E-state index in [4.69, 9.17) is 14.2 Å². The van der Waals surface area contributed by atoms with Crippen molar-refractivity contribution in [2.75, 3.05) is 20.3 Å². The minimum absolute atomic E-state index is 0.118. The largest absolute Gasteiger partial charge is 0.481 e. The van der Waals surface area contributed by atoms with Gasteiger partial charge in [-0.3, -0.25) is 9.48 Å². The summed E-state index contributed by atoms with van der Waals surface area (Å²) >= 11 is 0. The molecular weight excluding hydrogens is 350 g/mol. The van der Waals surface area contributed by atoms with Crippen molar-refractivity contribution >= 4 is 11.8 Å². The number of ketones is 1. The van der Waals surface area contributed by atoms with Gasteiger partial charge < -0.3 is 19.0 Å². The first-order valence-corrected chi connectivity index (χ1v) is 8.86. The van der Waals surface area contributed by atoms with Gasteiger partial charge in [0.15, 0.2) is 0 Å². The smallest absolute Gasteiger partial charge is 0.308 e. The maximum absolute atomic E-state index is 12.0. The molecule has 2 heterocycles. The molecule has 146 valence electrons. The average molecular weight is 375 g/mol. The van der Waals surface area contributed by atoms with Gasteiger partial charge in [-0.15, -0.1) is 5.10 Å². The molecule has 1 atom stereocenters. The Hall–Kier alpha value is -2.90. The monoisotopic (exact) mass is 375 g/mol. The molecule has 2 aromatic heterocycles. The summed E-state index contributed by atoms with van der Waals surface area (Å²) in [6, 6.07) is 4.92. The lowest BCUT2D eigenvalue weighted by atomic mass is 10.1. The second-order valence-electron chi connectivity index (χ2n) is 5.95. The number of carbonyl (C=O) groups is 2. The topological polar surface area (TPSA) is 92.5 Å². The molecule has 27 heavy (non-hydrogen) atoms. The van der Waals surface area contributed by atoms with Gasteiger partial charge in [-0.1, -0.05) is 0 Å². The van der Waals surface area contributed by atoms with Crippen LogP contribution >= 0.6 is 0 Å². The number of Topliss-reactive ketones (excluding diaryl/α,β-unsaturated/α-hetero) is 1. The number of pyridine rings is 1. The van der Waals surface area contributed by atoms with E-state index in [1.165, 1.54) is 0 Å². The van der Waals surface area contributed by atoms with E-state index in [9.17, 15) is 9.59 Å². The van der Waals surface area contributed by atoms with Gasteiger partial charge in [0.1, 0.15) is 5.78 Å². The molecule has 2 aromatic rings. The number of nitrogens with zero attached hydrogens (tertiary/aromatic N) is 3. The lowest BCUT2D eigenvalue weighted by Gasteiger charge is -2.17. The normalized spacial score (nSPS) is 11.7. The van der Waals surface area contributed by atoms with Gasteiger partial charge in [-0.05, 0) is 31.9 Å². The van der Waals surface area contributed by atoms with E-state index >= 15 is 0 Å². The lowest BCUT2D eigenvalue weighted by molar-refractivity contribution is -0.143. The van der Waals surface area contributed by atoms with Gasteiger partial charge in [0.05, 0.1) is 32.8 Å². The van der Waals surface area contributed by atoms with Gasteiger partial charge >= 0.3 is 5.97 Å². The second kappa shape index (κ2) is 10.3. The number of methoxy groups -OCH3 is 1. The minimum atomic E-state index is -0.378. The second-order valence-corrected chi connectivity index (χ2v) is 5.95. The number of hydrogen-bond donors (Lipinski definition) is 0. The molecule has 0 radical (unpaired) electrons. The van der Waals surface area contributed by atoms with E-state index in [0.29, 0.717) is 37.8 Å². The third kappa shape index (κ3) is 6.40. The predicted octanol–water partition coefficient (Wildman–Crippen LogP) is 2.58. The zero-order valence-corrected chi connectivity index (χ0v) is 15.9. The third-order valence-corrected chi connectivity index (χ3v) is 3.84. The Balaban J connectivity index is 2.12. The quantitative estimate of drug-likeness (QED) is 0.440. The van der Waals surface area contributed by atoms with Crippen LogP contribution in [0.4, 0.5) is 0 Å². The highest BCUT2D eigenvalue weighted by atomic mass is 16.5. The molecule has 0 N–H and O–H groups in total. The molecule has 0 amide bonds. The van der Waals surface area contributed by atoms with E-state index in [1.54, 1.807) is 50.2 Å². The highest BCUT2D eigenvalue weighted by molar-refractivity contribution is 5.75. The number of aromatic nitrogens is 3. The summed E-state index contributed by atoms with van der Waals surface area (Å²) in [5.41, 5.74) is 0.801. The van der Waals surface area contributed by atoms with Crippen LogP contribution in [0.5, 0.6) is 11.8 Å². The van der Waals surface area contributed by atoms with Crippen molar-refractivity contribution in [1.29, 1.82) is 0 Å². The minimum Gasteiger partial charge on any atom is -0.481 e. The van der Waals surface area contributed by atoms with Crippen LogP contribution in [0, 0.1) is 0 Å². The number of rotatable bonds is 11. The maximum atomic E-state index is 12.0. The van der Waals surface area contributed by atoms with E-state index in [2.05, 4.69) is 10.1 Å². The van der Waals surface area contributed by atoms with Crippen LogP contribution in [0.2, 0.25) is 0 Å². The fourth-order valence-electron chi connectivity index (χ4n) is 2.52. The Morgan fingerprint density at radius 1 is 1.22 bits per heavy atom. The summed E-state index contributed by atoms with van der Waals surface area (Å²) in [5, 5.41) is 4.40. The summed E-state index contributed by atoms with van der Waals surface area (Å²) in [4.78, 5) is 27.2. The third-order valence-electron chi connectivity index (χ3n) is 3.84.